The fourth-order valence-electron chi connectivity index (χ4n) is 3.42. The van der Waals surface area contributed by atoms with Crippen LogP contribution in [0.5, 0.6) is 0 Å². The van der Waals surface area contributed by atoms with Crippen LogP contribution >= 0.6 is 11.8 Å². The number of hydrogen-bond acceptors (Lipinski definition) is 3. The van der Waals surface area contributed by atoms with Gasteiger partial charge >= 0.3 is 0 Å². The Hall–Kier alpha value is -2.54. The molecule has 0 spiro atoms. The predicted octanol–water partition coefficient (Wildman–Crippen LogP) is 4.68. The molecular weight excluding hydrogens is 373 g/mol. The molecule has 0 fully saturated rings. The molecule has 3 nitrogen and oxygen atoms in total. The third-order valence-electron chi connectivity index (χ3n) is 4.65. The zero-order valence-corrected chi connectivity index (χ0v) is 15.0. The molecule has 3 aromatic rings. The maximum atomic E-state index is 14.4. The van der Waals surface area contributed by atoms with Crippen molar-refractivity contribution >= 4 is 18.0 Å². The summed E-state index contributed by atoms with van der Waals surface area (Å²) in [4.78, 5) is 11.5. The molecule has 2 aromatic carbocycles. The molecule has 138 valence electrons. The van der Waals surface area contributed by atoms with Gasteiger partial charge in [0.2, 0.25) is 0 Å². The van der Waals surface area contributed by atoms with Crippen molar-refractivity contribution < 1.29 is 18.0 Å². The second kappa shape index (κ2) is 7.23. The van der Waals surface area contributed by atoms with Crippen LogP contribution in [0.4, 0.5) is 13.2 Å². The van der Waals surface area contributed by atoms with E-state index in [0.717, 1.165) is 28.6 Å². The molecule has 7 heteroatoms. The monoisotopic (exact) mass is 388 g/mol. The molecule has 0 radical (unpaired) electrons. The SMILES string of the molecule is O=Cc1nn(-c2ccc(F)cc2F)c2c1CSCC2Cc1ccc(F)cc1. The summed E-state index contributed by atoms with van der Waals surface area (Å²) >= 11 is 1.67. The maximum Gasteiger partial charge on any atom is 0.170 e. The van der Waals surface area contributed by atoms with Crippen LogP contribution in [0.3, 0.4) is 0 Å². The number of benzene rings is 2. The molecule has 1 atom stereocenters. The number of carbonyl (C=O) groups excluding carboxylic acids is 1. The van der Waals surface area contributed by atoms with Crippen LogP contribution in [0.25, 0.3) is 5.69 Å². The average Bonchev–Trinajstić information content (AvgIpc) is 3.03. The number of rotatable bonds is 4. The highest BCUT2D eigenvalue weighted by Crippen LogP contribution is 2.38. The van der Waals surface area contributed by atoms with Gasteiger partial charge < -0.3 is 0 Å². The Bertz CT molecular complexity index is 1000. The molecule has 0 bridgehead atoms. The van der Waals surface area contributed by atoms with Gasteiger partial charge in [-0.2, -0.15) is 16.9 Å². The second-order valence-corrected chi connectivity index (χ2v) is 7.45. The van der Waals surface area contributed by atoms with E-state index in [2.05, 4.69) is 5.10 Å². The molecule has 0 aliphatic carbocycles. The number of halogens is 3. The molecule has 4 rings (SSSR count). The summed E-state index contributed by atoms with van der Waals surface area (Å²) in [6.07, 6.45) is 1.27. The zero-order valence-electron chi connectivity index (χ0n) is 14.2. The first kappa shape index (κ1) is 17.9. The van der Waals surface area contributed by atoms with Crippen LogP contribution in [-0.2, 0) is 12.2 Å². The molecule has 1 aliphatic rings. The van der Waals surface area contributed by atoms with Gasteiger partial charge in [-0.1, -0.05) is 12.1 Å². The normalized spacial score (nSPS) is 16.2. The highest BCUT2D eigenvalue weighted by Gasteiger charge is 2.30. The molecule has 0 N–H and O–H groups in total. The third kappa shape index (κ3) is 3.39. The first-order valence-electron chi connectivity index (χ1n) is 8.41. The van der Waals surface area contributed by atoms with E-state index in [0.29, 0.717) is 18.5 Å². The Balaban J connectivity index is 1.81. The summed E-state index contributed by atoms with van der Waals surface area (Å²) in [7, 11) is 0. The van der Waals surface area contributed by atoms with Gasteiger partial charge in [-0.05, 0) is 36.2 Å². The van der Waals surface area contributed by atoms with Crippen molar-refractivity contribution in [1.82, 2.24) is 9.78 Å². The number of thioether (sulfide) groups is 1. The maximum absolute atomic E-state index is 14.4. The summed E-state index contributed by atoms with van der Waals surface area (Å²) < 4.78 is 42.3. The summed E-state index contributed by atoms with van der Waals surface area (Å²) in [6, 6.07) is 9.53. The summed E-state index contributed by atoms with van der Waals surface area (Å²) in [6.45, 7) is 0. The fourth-order valence-corrected chi connectivity index (χ4v) is 4.60. The van der Waals surface area contributed by atoms with Gasteiger partial charge in [0.15, 0.2) is 12.1 Å². The number of aromatic nitrogens is 2. The van der Waals surface area contributed by atoms with Crippen molar-refractivity contribution in [1.29, 1.82) is 0 Å². The van der Waals surface area contributed by atoms with Gasteiger partial charge in [-0.15, -0.1) is 0 Å². The Morgan fingerprint density at radius 2 is 1.85 bits per heavy atom. The van der Waals surface area contributed by atoms with Crippen LogP contribution in [-0.4, -0.2) is 21.8 Å². The Kier molecular flexibility index (Phi) is 4.78. The van der Waals surface area contributed by atoms with Crippen molar-refractivity contribution in [2.75, 3.05) is 5.75 Å². The van der Waals surface area contributed by atoms with Gasteiger partial charge in [0.25, 0.3) is 0 Å². The predicted molar refractivity (Wildman–Crippen MR) is 97.9 cm³/mol. The van der Waals surface area contributed by atoms with E-state index in [-0.39, 0.29) is 23.1 Å². The van der Waals surface area contributed by atoms with E-state index in [1.807, 2.05) is 0 Å². The van der Waals surface area contributed by atoms with Crippen molar-refractivity contribution in [2.45, 2.75) is 18.1 Å². The van der Waals surface area contributed by atoms with Crippen molar-refractivity contribution in [3.05, 3.63) is 82.4 Å². The molecule has 0 saturated heterocycles. The first-order chi connectivity index (χ1) is 13.1. The van der Waals surface area contributed by atoms with Crippen molar-refractivity contribution in [3.63, 3.8) is 0 Å². The largest absolute Gasteiger partial charge is 0.296 e. The van der Waals surface area contributed by atoms with Crippen LogP contribution < -0.4 is 0 Å². The van der Waals surface area contributed by atoms with Crippen molar-refractivity contribution in [2.24, 2.45) is 0 Å². The molecule has 0 amide bonds. The summed E-state index contributed by atoms with van der Waals surface area (Å²) in [5, 5.41) is 4.29. The molecular formula is C20H15F3N2OS. The minimum Gasteiger partial charge on any atom is -0.296 e. The molecule has 1 aliphatic heterocycles. The highest BCUT2D eigenvalue weighted by atomic mass is 32.2. The van der Waals surface area contributed by atoms with Gasteiger partial charge in [0, 0.05) is 29.1 Å². The quantitative estimate of drug-likeness (QED) is 0.609. The lowest BCUT2D eigenvalue weighted by molar-refractivity contribution is 0.111. The summed E-state index contributed by atoms with van der Waals surface area (Å²) in [5.41, 5.74) is 2.85. The number of nitrogens with zero attached hydrogens (tertiary/aromatic N) is 2. The third-order valence-corrected chi connectivity index (χ3v) is 5.78. The molecule has 2 heterocycles. The highest BCUT2D eigenvalue weighted by molar-refractivity contribution is 7.98. The lowest BCUT2D eigenvalue weighted by Gasteiger charge is -2.24. The topological polar surface area (TPSA) is 34.9 Å². The van der Waals surface area contributed by atoms with Crippen molar-refractivity contribution in [3.8, 4) is 5.69 Å². The number of fused-ring (bicyclic) bond motifs is 1. The van der Waals surface area contributed by atoms with Crippen LogP contribution in [0, 0.1) is 17.5 Å². The molecule has 1 unspecified atom stereocenters. The Morgan fingerprint density at radius 1 is 1.11 bits per heavy atom. The van der Waals surface area contributed by atoms with E-state index in [9.17, 15) is 18.0 Å². The lowest BCUT2D eigenvalue weighted by atomic mass is 9.94. The minimum atomic E-state index is -0.739. The number of aldehydes is 1. The molecule has 27 heavy (non-hydrogen) atoms. The smallest absolute Gasteiger partial charge is 0.170 e. The van der Waals surface area contributed by atoms with E-state index in [1.165, 1.54) is 28.9 Å². The van der Waals surface area contributed by atoms with E-state index < -0.39 is 11.6 Å². The number of hydrogen-bond donors (Lipinski definition) is 0. The number of carbonyl (C=O) groups is 1. The van der Waals surface area contributed by atoms with Gasteiger partial charge in [-0.3, -0.25) is 4.79 Å². The van der Waals surface area contributed by atoms with Crippen LogP contribution in [0.15, 0.2) is 42.5 Å². The average molecular weight is 388 g/mol. The van der Waals surface area contributed by atoms with Crippen LogP contribution in [0.1, 0.15) is 33.2 Å². The standard InChI is InChI=1S/C20H15F3N2OS/c21-14-3-1-12(2-4-14)7-13-10-27-11-16-18(9-26)24-25(20(13)16)19-6-5-15(22)8-17(19)23/h1-6,8-9,13H,7,10-11H2. The van der Waals surface area contributed by atoms with E-state index in [1.54, 1.807) is 23.9 Å². The van der Waals surface area contributed by atoms with Gasteiger partial charge in [-0.25, -0.2) is 17.9 Å². The Labute approximate surface area is 158 Å². The lowest BCUT2D eigenvalue weighted by Crippen LogP contribution is -2.18. The van der Waals surface area contributed by atoms with E-state index >= 15 is 0 Å². The van der Waals surface area contributed by atoms with Gasteiger partial charge in [0.1, 0.15) is 23.0 Å². The summed E-state index contributed by atoms with van der Waals surface area (Å²) in [5.74, 6) is -0.389. The fraction of sp³-hybridized carbons (Fsp3) is 0.200. The molecule has 0 saturated carbocycles. The molecule has 1 aromatic heterocycles. The zero-order chi connectivity index (χ0) is 19.0. The Morgan fingerprint density at radius 3 is 2.56 bits per heavy atom. The van der Waals surface area contributed by atoms with E-state index in [4.69, 9.17) is 0 Å². The van der Waals surface area contributed by atoms with Gasteiger partial charge in [0.05, 0.1) is 5.69 Å². The first-order valence-corrected chi connectivity index (χ1v) is 9.57. The second-order valence-electron chi connectivity index (χ2n) is 6.42. The van der Waals surface area contributed by atoms with Crippen LogP contribution in [0.2, 0.25) is 0 Å². The minimum absolute atomic E-state index is 0.0325.